The highest BCUT2D eigenvalue weighted by atomic mass is 35.5. The molecule has 7 heteroatoms. The van der Waals surface area contributed by atoms with Gasteiger partial charge in [-0.05, 0) is 50.1 Å². The number of imidazole rings is 1. The molecule has 0 aliphatic rings. The molecule has 2 aromatic carbocycles. The highest BCUT2D eigenvalue weighted by molar-refractivity contribution is 6.31. The summed E-state index contributed by atoms with van der Waals surface area (Å²) < 4.78 is 13.3. The van der Waals surface area contributed by atoms with E-state index in [0.717, 1.165) is 28.2 Å². The smallest absolute Gasteiger partial charge is 0.303 e. The molecule has 0 radical (unpaired) electrons. The van der Waals surface area contributed by atoms with Crippen molar-refractivity contribution in [3.05, 3.63) is 52.8 Å². The number of nitrogens with zero attached hydrogens (tertiary/aromatic N) is 2. The lowest BCUT2D eigenvalue weighted by Gasteiger charge is -2.11. The number of carbonyl (C=O) groups is 1. The van der Waals surface area contributed by atoms with Gasteiger partial charge in [0.25, 0.3) is 0 Å². The maximum Gasteiger partial charge on any atom is 0.303 e. The summed E-state index contributed by atoms with van der Waals surface area (Å²) in [5, 5.41) is 9.36. The Labute approximate surface area is 168 Å². The van der Waals surface area contributed by atoms with E-state index in [2.05, 4.69) is 9.55 Å². The number of rotatable bonds is 9. The van der Waals surface area contributed by atoms with E-state index in [-0.39, 0.29) is 6.42 Å². The molecule has 0 spiro atoms. The number of carboxylic acids is 1. The number of aromatic nitrogens is 2. The minimum atomic E-state index is -0.819. The van der Waals surface area contributed by atoms with Crippen LogP contribution in [0.25, 0.3) is 11.0 Å². The van der Waals surface area contributed by atoms with Gasteiger partial charge in [0.2, 0.25) is 0 Å². The lowest BCUT2D eigenvalue weighted by Crippen LogP contribution is -2.04. The summed E-state index contributed by atoms with van der Waals surface area (Å²) >= 11 is 6.44. The first-order valence-corrected chi connectivity index (χ1v) is 9.58. The number of hydrogen-bond acceptors (Lipinski definition) is 4. The molecule has 6 nitrogen and oxygen atoms in total. The number of ether oxygens (including phenoxy) is 2. The van der Waals surface area contributed by atoms with Gasteiger partial charge in [-0.1, -0.05) is 17.7 Å². The Hall–Kier alpha value is -2.73. The van der Waals surface area contributed by atoms with E-state index in [9.17, 15) is 4.79 Å². The molecule has 148 valence electrons. The number of benzene rings is 2. The Bertz CT molecular complexity index is 984. The molecule has 0 bridgehead atoms. The molecular weight excluding hydrogens is 380 g/mol. The second kappa shape index (κ2) is 8.97. The highest BCUT2D eigenvalue weighted by Crippen LogP contribution is 2.27. The van der Waals surface area contributed by atoms with Gasteiger partial charge in [0.05, 0.1) is 30.8 Å². The summed E-state index contributed by atoms with van der Waals surface area (Å²) in [7, 11) is 0. The van der Waals surface area contributed by atoms with Crippen LogP contribution in [0.4, 0.5) is 0 Å². The van der Waals surface area contributed by atoms with Crippen LogP contribution in [0.2, 0.25) is 5.02 Å². The molecule has 0 saturated carbocycles. The van der Waals surface area contributed by atoms with E-state index in [1.807, 2.05) is 50.2 Å². The van der Waals surface area contributed by atoms with Crippen LogP contribution >= 0.6 is 11.6 Å². The van der Waals surface area contributed by atoms with Gasteiger partial charge < -0.3 is 19.1 Å². The Kier molecular flexibility index (Phi) is 6.41. The monoisotopic (exact) mass is 402 g/mol. The van der Waals surface area contributed by atoms with Crippen LogP contribution in [0.15, 0.2) is 36.4 Å². The third kappa shape index (κ3) is 4.75. The third-order valence-corrected chi connectivity index (χ3v) is 4.73. The zero-order valence-electron chi connectivity index (χ0n) is 15.9. The first kappa shape index (κ1) is 20.0. The molecule has 0 atom stereocenters. The molecule has 0 unspecified atom stereocenters. The minimum absolute atomic E-state index is 0.0928. The summed E-state index contributed by atoms with van der Waals surface area (Å²) in [5.41, 5.74) is 2.79. The molecule has 0 aliphatic carbocycles. The van der Waals surface area contributed by atoms with Crippen molar-refractivity contribution < 1.29 is 19.4 Å². The van der Waals surface area contributed by atoms with Crippen molar-refractivity contribution in [3.8, 4) is 11.5 Å². The fraction of sp³-hybridized carbons (Fsp3) is 0.333. The Morgan fingerprint density at radius 1 is 1.18 bits per heavy atom. The van der Waals surface area contributed by atoms with Crippen LogP contribution in [0.5, 0.6) is 11.5 Å². The summed E-state index contributed by atoms with van der Waals surface area (Å²) in [6, 6.07) is 11.4. The Balaban J connectivity index is 1.81. The Morgan fingerprint density at radius 2 is 1.93 bits per heavy atom. The van der Waals surface area contributed by atoms with Gasteiger partial charge in [0.1, 0.15) is 17.3 Å². The van der Waals surface area contributed by atoms with E-state index in [1.165, 1.54) is 0 Å². The Morgan fingerprint density at radius 3 is 2.64 bits per heavy atom. The van der Waals surface area contributed by atoms with Crippen molar-refractivity contribution in [2.24, 2.45) is 0 Å². The molecule has 0 saturated heterocycles. The molecule has 0 amide bonds. The molecule has 1 N–H and O–H groups in total. The van der Waals surface area contributed by atoms with Crippen molar-refractivity contribution in [2.45, 2.75) is 33.2 Å². The molecule has 28 heavy (non-hydrogen) atoms. The van der Waals surface area contributed by atoms with E-state index in [4.69, 9.17) is 26.2 Å². The molecule has 3 aromatic rings. The van der Waals surface area contributed by atoms with Gasteiger partial charge in [0, 0.05) is 17.5 Å². The van der Waals surface area contributed by atoms with Crippen LogP contribution in [-0.4, -0.2) is 33.8 Å². The second-order valence-corrected chi connectivity index (χ2v) is 6.83. The average molecular weight is 403 g/mol. The second-order valence-electron chi connectivity index (χ2n) is 6.43. The van der Waals surface area contributed by atoms with Crippen molar-refractivity contribution in [2.75, 3.05) is 13.2 Å². The largest absolute Gasteiger partial charge is 0.494 e. The predicted octanol–water partition coefficient (Wildman–Crippen LogP) is 4.69. The van der Waals surface area contributed by atoms with Crippen LogP contribution in [-0.2, 0) is 11.3 Å². The quantitative estimate of drug-likeness (QED) is 0.525. The van der Waals surface area contributed by atoms with Gasteiger partial charge in [-0.3, -0.25) is 4.79 Å². The van der Waals surface area contributed by atoms with Gasteiger partial charge in [0.15, 0.2) is 0 Å². The van der Waals surface area contributed by atoms with Crippen LogP contribution < -0.4 is 9.47 Å². The summed E-state index contributed by atoms with van der Waals surface area (Å²) in [6.07, 6.45) is 0.559. The number of halogens is 1. The molecule has 0 fully saturated rings. The molecule has 1 aromatic heterocycles. The fourth-order valence-electron chi connectivity index (χ4n) is 3.01. The molecular formula is C21H23ClN2O4. The average Bonchev–Trinajstić information content (AvgIpc) is 2.96. The molecule has 0 aliphatic heterocycles. The molecule has 1 heterocycles. The van der Waals surface area contributed by atoms with E-state index in [1.54, 1.807) is 0 Å². The lowest BCUT2D eigenvalue weighted by atomic mass is 10.2. The topological polar surface area (TPSA) is 73.6 Å². The number of aryl methyl sites for hydroxylation is 1. The van der Waals surface area contributed by atoms with E-state index < -0.39 is 5.97 Å². The standard InChI is InChI=1S/C21H23ClN2O4/c1-3-27-16-7-6-15(18(22)11-16)13-24-14(2)23-19-9-8-17(12-20(19)24)28-10-4-5-21(25)26/h6-9,11-12H,3-5,10,13H2,1-2H3,(H,25,26). The van der Waals surface area contributed by atoms with Crippen molar-refractivity contribution in [1.82, 2.24) is 9.55 Å². The minimum Gasteiger partial charge on any atom is -0.494 e. The van der Waals surface area contributed by atoms with Crippen LogP contribution in [0.3, 0.4) is 0 Å². The van der Waals surface area contributed by atoms with Gasteiger partial charge in [-0.2, -0.15) is 0 Å². The van der Waals surface area contributed by atoms with Crippen molar-refractivity contribution >= 4 is 28.6 Å². The van der Waals surface area contributed by atoms with Gasteiger partial charge in [-0.15, -0.1) is 0 Å². The van der Waals surface area contributed by atoms with Gasteiger partial charge >= 0.3 is 5.97 Å². The zero-order valence-corrected chi connectivity index (χ0v) is 16.7. The maximum absolute atomic E-state index is 10.6. The van der Waals surface area contributed by atoms with Crippen molar-refractivity contribution in [1.29, 1.82) is 0 Å². The third-order valence-electron chi connectivity index (χ3n) is 4.38. The summed E-state index contributed by atoms with van der Waals surface area (Å²) in [6.45, 7) is 5.42. The van der Waals surface area contributed by atoms with Gasteiger partial charge in [-0.25, -0.2) is 4.98 Å². The first-order valence-electron chi connectivity index (χ1n) is 9.20. The lowest BCUT2D eigenvalue weighted by molar-refractivity contribution is -0.137. The van der Waals surface area contributed by atoms with Crippen LogP contribution in [0.1, 0.15) is 31.2 Å². The maximum atomic E-state index is 10.6. The van der Waals surface area contributed by atoms with Crippen LogP contribution in [0, 0.1) is 6.92 Å². The number of hydrogen-bond donors (Lipinski definition) is 1. The first-order chi connectivity index (χ1) is 13.5. The zero-order chi connectivity index (χ0) is 20.1. The van der Waals surface area contributed by atoms with E-state index in [0.29, 0.717) is 37.0 Å². The highest BCUT2D eigenvalue weighted by Gasteiger charge is 2.12. The molecule has 3 rings (SSSR count). The fourth-order valence-corrected chi connectivity index (χ4v) is 3.24. The van der Waals surface area contributed by atoms with E-state index >= 15 is 0 Å². The number of carboxylic acid groups (broad SMARTS) is 1. The van der Waals surface area contributed by atoms with Crippen molar-refractivity contribution in [3.63, 3.8) is 0 Å². The summed E-state index contributed by atoms with van der Waals surface area (Å²) in [5.74, 6) is 1.50. The summed E-state index contributed by atoms with van der Waals surface area (Å²) in [4.78, 5) is 15.2. The number of aliphatic carboxylic acids is 1. The normalized spacial score (nSPS) is 11.0. The SMILES string of the molecule is CCOc1ccc(Cn2c(C)nc3ccc(OCCCC(=O)O)cc32)c(Cl)c1. The predicted molar refractivity (Wildman–Crippen MR) is 109 cm³/mol. The number of fused-ring (bicyclic) bond motifs is 1.